The minimum absolute atomic E-state index is 0.0247. The molecule has 234 valence electrons. The van der Waals surface area contributed by atoms with Gasteiger partial charge in [0.1, 0.15) is 17.3 Å². The molecule has 1 unspecified atom stereocenters. The van der Waals surface area contributed by atoms with Crippen molar-refractivity contribution in [1.82, 2.24) is 25.1 Å². The number of hydrogen-bond acceptors (Lipinski definition) is 9. The largest absolute Gasteiger partial charge is 0.497 e. The molecule has 0 bridgehead atoms. The number of nitrogens with one attached hydrogen (secondary N) is 1. The number of para-hydroxylation sites is 2. The first-order chi connectivity index (χ1) is 22.4. The second kappa shape index (κ2) is 13.7. The summed E-state index contributed by atoms with van der Waals surface area (Å²) in [6, 6.07) is 23.6. The highest BCUT2D eigenvalue weighted by atomic mass is 32.2. The number of hydrazone groups is 1. The van der Waals surface area contributed by atoms with Gasteiger partial charge in [-0.05, 0) is 71.8 Å². The fourth-order valence-corrected chi connectivity index (χ4v) is 5.87. The molecule has 5 aromatic rings. The van der Waals surface area contributed by atoms with Crippen molar-refractivity contribution in [2.75, 3.05) is 20.0 Å². The summed E-state index contributed by atoms with van der Waals surface area (Å²) >= 11 is 1.18. The molecule has 0 fully saturated rings. The van der Waals surface area contributed by atoms with Crippen LogP contribution in [0, 0.1) is 5.82 Å². The van der Waals surface area contributed by atoms with Crippen molar-refractivity contribution in [3.8, 4) is 17.2 Å². The van der Waals surface area contributed by atoms with Gasteiger partial charge in [0, 0.05) is 6.42 Å². The number of furan rings is 1. The van der Waals surface area contributed by atoms with Crippen molar-refractivity contribution in [1.29, 1.82) is 0 Å². The Hall–Kier alpha value is -5.43. The first-order valence-corrected chi connectivity index (χ1v) is 15.3. The van der Waals surface area contributed by atoms with E-state index >= 15 is 0 Å². The summed E-state index contributed by atoms with van der Waals surface area (Å²) in [6.07, 6.45) is 1.87. The third-order valence-electron chi connectivity index (χ3n) is 7.35. The minimum Gasteiger partial charge on any atom is -0.497 e. The molecule has 3 aromatic carbocycles. The molecule has 1 aliphatic heterocycles. The molecule has 0 radical (unpaired) electrons. The number of benzene rings is 3. The number of thioether (sulfide) groups is 1. The normalized spacial score (nSPS) is 14.2. The van der Waals surface area contributed by atoms with Gasteiger partial charge in [-0.25, -0.2) is 9.40 Å². The lowest BCUT2D eigenvalue weighted by molar-refractivity contribution is -0.130. The van der Waals surface area contributed by atoms with Crippen molar-refractivity contribution in [2.24, 2.45) is 5.10 Å². The molecule has 1 N–H and O–H groups in total. The molecular formula is C33H29FN6O5S. The molecule has 3 heterocycles. The third-order valence-corrected chi connectivity index (χ3v) is 8.26. The summed E-state index contributed by atoms with van der Waals surface area (Å²) in [6.45, 7) is 0.0351. The zero-order chi connectivity index (χ0) is 32.0. The SMILES string of the molecule is COc1ccc(C2=NN(C(=O)CSc3nnc(CNC(=O)c4ccco4)n3-c3ccccc3OC)C(c3ccc(F)cc3)C2)cc1. The van der Waals surface area contributed by atoms with Crippen LogP contribution in [0.3, 0.4) is 0 Å². The van der Waals surface area contributed by atoms with Crippen LogP contribution in [0.4, 0.5) is 4.39 Å². The van der Waals surface area contributed by atoms with Gasteiger partial charge in [0.25, 0.3) is 11.8 Å². The average molecular weight is 641 g/mol. The highest BCUT2D eigenvalue weighted by Gasteiger charge is 2.33. The topological polar surface area (TPSA) is 124 Å². The molecule has 13 heteroatoms. The first-order valence-electron chi connectivity index (χ1n) is 14.3. The van der Waals surface area contributed by atoms with E-state index in [-0.39, 0.29) is 29.8 Å². The summed E-state index contributed by atoms with van der Waals surface area (Å²) in [4.78, 5) is 26.4. The number of nitrogens with zero attached hydrogens (tertiary/aromatic N) is 5. The lowest BCUT2D eigenvalue weighted by atomic mass is 9.98. The average Bonchev–Trinajstić information content (AvgIpc) is 3.87. The van der Waals surface area contributed by atoms with Crippen molar-refractivity contribution in [2.45, 2.75) is 24.2 Å². The molecule has 1 aliphatic rings. The number of rotatable bonds is 11. The Morgan fingerprint density at radius 3 is 2.48 bits per heavy atom. The van der Waals surface area contributed by atoms with Crippen LogP contribution in [0.1, 0.15) is 40.0 Å². The van der Waals surface area contributed by atoms with E-state index in [2.05, 4.69) is 15.5 Å². The van der Waals surface area contributed by atoms with E-state index in [0.717, 1.165) is 16.8 Å². The molecule has 2 amide bonds. The summed E-state index contributed by atoms with van der Waals surface area (Å²) in [5.41, 5.74) is 2.98. The molecular weight excluding hydrogens is 611 g/mol. The Bertz CT molecular complexity index is 1860. The molecule has 46 heavy (non-hydrogen) atoms. The predicted molar refractivity (Wildman–Crippen MR) is 169 cm³/mol. The van der Waals surface area contributed by atoms with Crippen LogP contribution in [-0.2, 0) is 11.3 Å². The van der Waals surface area contributed by atoms with Crippen LogP contribution in [-0.4, -0.2) is 57.3 Å². The van der Waals surface area contributed by atoms with Crippen molar-refractivity contribution < 1.29 is 27.9 Å². The summed E-state index contributed by atoms with van der Waals surface area (Å²) in [5, 5.41) is 18.1. The van der Waals surface area contributed by atoms with E-state index in [9.17, 15) is 14.0 Å². The maximum absolute atomic E-state index is 13.8. The standard InChI is InChI=1S/C33H29FN6O5S/c1-43-24-15-11-21(12-16-24)25-18-27(22-9-13-23(34)14-10-22)40(38-25)31(41)20-46-33-37-36-30(19-35-32(42)29-8-5-17-45-29)39(33)26-6-3-4-7-28(26)44-2/h3-17,27H,18-20H2,1-2H3,(H,35,42). The maximum Gasteiger partial charge on any atom is 0.287 e. The van der Waals surface area contributed by atoms with Gasteiger partial charge < -0.3 is 19.2 Å². The molecule has 0 saturated heterocycles. The molecule has 11 nitrogen and oxygen atoms in total. The number of amides is 2. The highest BCUT2D eigenvalue weighted by molar-refractivity contribution is 7.99. The van der Waals surface area contributed by atoms with Gasteiger partial charge in [-0.3, -0.25) is 14.2 Å². The van der Waals surface area contributed by atoms with Gasteiger partial charge in [0.2, 0.25) is 0 Å². The number of ether oxygens (including phenoxy) is 2. The fraction of sp³-hybridized carbons (Fsp3) is 0.182. The molecule has 0 aliphatic carbocycles. The quantitative estimate of drug-likeness (QED) is 0.190. The monoisotopic (exact) mass is 640 g/mol. The highest BCUT2D eigenvalue weighted by Crippen LogP contribution is 2.35. The zero-order valence-corrected chi connectivity index (χ0v) is 25.7. The lowest BCUT2D eigenvalue weighted by Crippen LogP contribution is -2.28. The third kappa shape index (κ3) is 6.49. The summed E-state index contributed by atoms with van der Waals surface area (Å²) in [5.74, 6) is 0.783. The Morgan fingerprint density at radius 1 is 0.978 bits per heavy atom. The Balaban J connectivity index is 1.27. The Labute approximate surface area is 268 Å². The summed E-state index contributed by atoms with van der Waals surface area (Å²) in [7, 11) is 3.15. The first kappa shape index (κ1) is 30.6. The summed E-state index contributed by atoms with van der Waals surface area (Å²) < 4.78 is 31.6. The van der Waals surface area contributed by atoms with E-state index < -0.39 is 11.9 Å². The number of halogens is 1. The lowest BCUT2D eigenvalue weighted by Gasteiger charge is -2.22. The maximum atomic E-state index is 13.8. The molecule has 1 atom stereocenters. The van der Waals surface area contributed by atoms with Gasteiger partial charge in [0.05, 0.1) is 50.2 Å². The van der Waals surface area contributed by atoms with Crippen LogP contribution < -0.4 is 14.8 Å². The van der Waals surface area contributed by atoms with Gasteiger partial charge in [-0.1, -0.05) is 36.0 Å². The number of carbonyl (C=O) groups is 2. The van der Waals surface area contributed by atoms with E-state index in [1.165, 1.54) is 35.2 Å². The van der Waals surface area contributed by atoms with E-state index in [4.69, 9.17) is 19.0 Å². The van der Waals surface area contributed by atoms with Gasteiger partial charge in [-0.15, -0.1) is 10.2 Å². The van der Waals surface area contributed by atoms with Crippen LogP contribution in [0.2, 0.25) is 0 Å². The van der Waals surface area contributed by atoms with Crippen LogP contribution in [0.5, 0.6) is 11.5 Å². The van der Waals surface area contributed by atoms with Gasteiger partial charge in [-0.2, -0.15) is 5.10 Å². The number of carbonyl (C=O) groups excluding carboxylic acids is 2. The number of methoxy groups -OCH3 is 2. The molecule has 0 spiro atoms. The van der Waals surface area contributed by atoms with Crippen LogP contribution in [0.25, 0.3) is 5.69 Å². The number of hydrogen-bond donors (Lipinski definition) is 1. The Kier molecular flexibility index (Phi) is 9.10. The fourth-order valence-electron chi connectivity index (χ4n) is 5.05. The number of aromatic nitrogens is 3. The smallest absolute Gasteiger partial charge is 0.287 e. The van der Waals surface area contributed by atoms with E-state index in [1.54, 1.807) is 49.1 Å². The van der Waals surface area contributed by atoms with E-state index in [0.29, 0.717) is 34.6 Å². The van der Waals surface area contributed by atoms with Crippen LogP contribution in [0.15, 0.2) is 106 Å². The second-order valence-corrected chi connectivity index (χ2v) is 11.1. The molecule has 2 aromatic heterocycles. The van der Waals surface area contributed by atoms with Crippen molar-refractivity contribution in [3.05, 3.63) is 120 Å². The van der Waals surface area contributed by atoms with Gasteiger partial charge in [0.15, 0.2) is 16.7 Å². The second-order valence-electron chi connectivity index (χ2n) is 10.1. The molecule has 0 saturated carbocycles. The Morgan fingerprint density at radius 2 is 1.76 bits per heavy atom. The molecule has 6 rings (SSSR count). The van der Waals surface area contributed by atoms with Crippen LogP contribution >= 0.6 is 11.8 Å². The van der Waals surface area contributed by atoms with Gasteiger partial charge >= 0.3 is 0 Å². The van der Waals surface area contributed by atoms with Crippen molar-refractivity contribution >= 4 is 29.3 Å². The van der Waals surface area contributed by atoms with Crippen molar-refractivity contribution in [3.63, 3.8) is 0 Å². The predicted octanol–water partition coefficient (Wildman–Crippen LogP) is 5.42. The minimum atomic E-state index is -0.426. The zero-order valence-electron chi connectivity index (χ0n) is 24.9. The van der Waals surface area contributed by atoms with E-state index in [1.807, 2.05) is 42.5 Å².